The number of hydrogen-bond acceptors (Lipinski definition) is 3. The van der Waals surface area contributed by atoms with Crippen molar-refractivity contribution in [1.82, 2.24) is 4.72 Å². The van der Waals surface area contributed by atoms with E-state index in [9.17, 15) is 8.42 Å². The molecule has 1 aromatic carbocycles. The molecule has 3 N–H and O–H groups in total. The van der Waals surface area contributed by atoms with E-state index in [0.29, 0.717) is 12.2 Å². The van der Waals surface area contributed by atoms with Gasteiger partial charge in [-0.1, -0.05) is 103 Å². The average molecular weight is 461 g/mol. The number of unbranched alkanes of at least 4 members (excludes halogenated alkanes) is 15. The molecule has 0 amide bonds. The second-order valence-electron chi connectivity index (χ2n) is 8.27. The van der Waals surface area contributed by atoms with Crippen LogP contribution >= 0.6 is 12.4 Å². The van der Waals surface area contributed by atoms with Crippen molar-refractivity contribution in [3.05, 3.63) is 24.3 Å². The predicted molar refractivity (Wildman–Crippen MR) is 133 cm³/mol. The molecule has 0 aliphatic carbocycles. The first-order chi connectivity index (χ1) is 14.1. The van der Waals surface area contributed by atoms with Crippen LogP contribution in [0.15, 0.2) is 29.2 Å². The fraction of sp³-hybridized carbons (Fsp3) is 0.750. The van der Waals surface area contributed by atoms with E-state index in [0.717, 1.165) is 12.8 Å². The van der Waals surface area contributed by atoms with Gasteiger partial charge in [-0.3, -0.25) is 0 Å². The SMILES string of the molecule is CCCCCCCCCCCCCCCCCCNS(=O)(=O)c1ccc(N)cc1.Cl. The van der Waals surface area contributed by atoms with Crippen LogP contribution in [0.1, 0.15) is 110 Å². The summed E-state index contributed by atoms with van der Waals surface area (Å²) in [4.78, 5) is 0.281. The maximum atomic E-state index is 12.2. The molecule has 4 nitrogen and oxygen atoms in total. The lowest BCUT2D eigenvalue weighted by Gasteiger charge is -2.07. The zero-order chi connectivity index (χ0) is 21.2. The molecular weight excluding hydrogens is 416 g/mol. The molecule has 0 fully saturated rings. The fourth-order valence-electron chi connectivity index (χ4n) is 3.61. The summed E-state index contributed by atoms with van der Waals surface area (Å²) in [6.45, 7) is 2.78. The zero-order valence-corrected chi connectivity index (χ0v) is 20.7. The largest absolute Gasteiger partial charge is 0.399 e. The molecule has 0 radical (unpaired) electrons. The van der Waals surface area contributed by atoms with E-state index in [4.69, 9.17) is 5.73 Å². The normalized spacial score (nSPS) is 11.4. The van der Waals surface area contributed by atoms with Gasteiger partial charge < -0.3 is 5.73 Å². The maximum absolute atomic E-state index is 12.2. The van der Waals surface area contributed by atoms with Crippen LogP contribution in [0.3, 0.4) is 0 Å². The average Bonchev–Trinajstić information content (AvgIpc) is 2.70. The van der Waals surface area contributed by atoms with Crippen molar-refractivity contribution in [1.29, 1.82) is 0 Å². The molecule has 0 aromatic heterocycles. The summed E-state index contributed by atoms with van der Waals surface area (Å²) in [5.41, 5.74) is 6.17. The van der Waals surface area contributed by atoms with E-state index in [1.54, 1.807) is 24.3 Å². The van der Waals surface area contributed by atoms with Gasteiger partial charge in [0.05, 0.1) is 4.90 Å². The molecule has 0 bridgehead atoms. The summed E-state index contributed by atoms with van der Waals surface area (Å²) in [6, 6.07) is 6.32. The Hall–Kier alpha value is -0.780. The molecule has 1 aromatic rings. The fourth-order valence-corrected chi connectivity index (χ4v) is 4.68. The molecular formula is C24H45ClN2O2S. The van der Waals surface area contributed by atoms with Gasteiger partial charge in [-0.15, -0.1) is 12.4 Å². The minimum Gasteiger partial charge on any atom is -0.399 e. The first-order valence-electron chi connectivity index (χ1n) is 11.9. The van der Waals surface area contributed by atoms with Gasteiger partial charge in [0.2, 0.25) is 10.0 Å². The molecule has 0 unspecified atom stereocenters. The molecule has 0 saturated carbocycles. The predicted octanol–water partition coefficient (Wildman–Crippen LogP) is 7.23. The summed E-state index contributed by atoms with van der Waals surface area (Å²) in [5, 5.41) is 0. The van der Waals surface area contributed by atoms with Gasteiger partial charge in [-0.05, 0) is 30.7 Å². The van der Waals surface area contributed by atoms with Crippen LogP contribution in [0.5, 0.6) is 0 Å². The number of benzene rings is 1. The molecule has 1 rings (SSSR count). The highest BCUT2D eigenvalue weighted by atomic mass is 35.5. The van der Waals surface area contributed by atoms with Gasteiger partial charge in [0.1, 0.15) is 0 Å². The van der Waals surface area contributed by atoms with Gasteiger partial charge >= 0.3 is 0 Å². The lowest BCUT2D eigenvalue weighted by atomic mass is 10.0. The molecule has 30 heavy (non-hydrogen) atoms. The van der Waals surface area contributed by atoms with Crippen LogP contribution in [0.25, 0.3) is 0 Å². The standard InChI is InChI=1S/C24H44N2O2S.ClH/c1-2-3-4-5-6-7-8-9-10-11-12-13-14-15-16-17-22-26-29(27,28)24-20-18-23(25)19-21-24;/h18-21,26H,2-17,22,25H2,1H3;1H. The van der Waals surface area contributed by atoms with Crippen LogP contribution in [-0.4, -0.2) is 15.0 Å². The number of sulfonamides is 1. The third-order valence-corrected chi connectivity index (χ3v) is 6.99. The quantitative estimate of drug-likeness (QED) is 0.169. The Morgan fingerprint density at radius 3 is 1.43 bits per heavy atom. The zero-order valence-electron chi connectivity index (χ0n) is 19.0. The molecule has 6 heteroatoms. The van der Waals surface area contributed by atoms with Crippen molar-refractivity contribution in [2.75, 3.05) is 12.3 Å². The van der Waals surface area contributed by atoms with Crippen molar-refractivity contribution in [3.63, 3.8) is 0 Å². The van der Waals surface area contributed by atoms with Gasteiger partial charge in [0.25, 0.3) is 0 Å². The summed E-state index contributed by atoms with van der Waals surface area (Å²) in [7, 11) is -3.40. The smallest absolute Gasteiger partial charge is 0.240 e. The second-order valence-corrected chi connectivity index (χ2v) is 10.0. The number of nitrogen functional groups attached to an aromatic ring is 1. The van der Waals surface area contributed by atoms with Crippen LogP contribution in [0, 0.1) is 0 Å². The van der Waals surface area contributed by atoms with E-state index >= 15 is 0 Å². The summed E-state index contributed by atoms with van der Waals surface area (Å²) < 4.78 is 27.0. The number of hydrogen-bond donors (Lipinski definition) is 2. The highest BCUT2D eigenvalue weighted by molar-refractivity contribution is 7.89. The first kappa shape index (κ1) is 29.2. The summed E-state index contributed by atoms with van der Waals surface area (Å²) >= 11 is 0. The van der Waals surface area contributed by atoms with Gasteiger partial charge in [0, 0.05) is 12.2 Å². The van der Waals surface area contributed by atoms with Crippen LogP contribution in [0.4, 0.5) is 5.69 Å². The van der Waals surface area contributed by atoms with Crippen LogP contribution in [-0.2, 0) is 10.0 Å². The Morgan fingerprint density at radius 2 is 1.03 bits per heavy atom. The highest BCUT2D eigenvalue weighted by Crippen LogP contribution is 2.14. The third-order valence-electron chi connectivity index (χ3n) is 5.51. The summed E-state index contributed by atoms with van der Waals surface area (Å²) in [6.07, 6.45) is 21.1. The molecule has 0 atom stereocenters. The lowest BCUT2D eigenvalue weighted by molar-refractivity contribution is 0.528. The van der Waals surface area contributed by atoms with E-state index in [1.165, 1.54) is 89.9 Å². The number of anilines is 1. The number of rotatable bonds is 19. The minimum atomic E-state index is -3.40. The number of nitrogens with one attached hydrogen (secondary N) is 1. The highest BCUT2D eigenvalue weighted by Gasteiger charge is 2.12. The first-order valence-corrected chi connectivity index (χ1v) is 13.4. The summed E-state index contributed by atoms with van der Waals surface area (Å²) in [5.74, 6) is 0. The van der Waals surface area contributed by atoms with Crippen LogP contribution < -0.4 is 10.5 Å². The van der Waals surface area contributed by atoms with Crippen molar-refractivity contribution in [2.24, 2.45) is 0 Å². The monoisotopic (exact) mass is 460 g/mol. The van der Waals surface area contributed by atoms with E-state index in [-0.39, 0.29) is 17.3 Å². The molecule has 176 valence electrons. The van der Waals surface area contributed by atoms with E-state index < -0.39 is 10.0 Å². The van der Waals surface area contributed by atoms with Gasteiger partial charge in [-0.2, -0.15) is 0 Å². The van der Waals surface area contributed by atoms with Gasteiger partial charge in [0.15, 0.2) is 0 Å². The Morgan fingerprint density at radius 1 is 0.667 bits per heavy atom. The van der Waals surface area contributed by atoms with E-state index in [1.807, 2.05) is 0 Å². The Labute approximate surface area is 192 Å². The van der Waals surface area contributed by atoms with E-state index in [2.05, 4.69) is 11.6 Å². The maximum Gasteiger partial charge on any atom is 0.240 e. The Kier molecular flexibility index (Phi) is 18.5. The third kappa shape index (κ3) is 15.1. The van der Waals surface area contributed by atoms with Crippen molar-refractivity contribution >= 4 is 28.1 Å². The Bertz CT molecular complexity index is 606. The van der Waals surface area contributed by atoms with Gasteiger partial charge in [-0.25, -0.2) is 13.1 Å². The minimum absolute atomic E-state index is 0. The van der Waals surface area contributed by atoms with Crippen molar-refractivity contribution in [2.45, 2.75) is 115 Å². The van der Waals surface area contributed by atoms with Crippen molar-refractivity contribution in [3.8, 4) is 0 Å². The molecule has 0 saturated heterocycles. The number of nitrogens with two attached hydrogens (primary N) is 1. The number of halogens is 1. The molecule has 0 heterocycles. The second kappa shape index (κ2) is 18.9. The molecule has 0 spiro atoms. The Balaban J connectivity index is 0.00000841. The lowest BCUT2D eigenvalue weighted by Crippen LogP contribution is -2.24. The molecule has 0 aliphatic heterocycles. The van der Waals surface area contributed by atoms with Crippen molar-refractivity contribution < 1.29 is 8.42 Å². The molecule has 0 aliphatic rings. The van der Waals surface area contributed by atoms with Crippen LogP contribution in [0.2, 0.25) is 0 Å². The topological polar surface area (TPSA) is 72.2 Å².